The lowest BCUT2D eigenvalue weighted by molar-refractivity contribution is -0.123. The van der Waals surface area contributed by atoms with Crippen LogP contribution in [-0.2, 0) is 9.59 Å². The molecule has 5 N–H and O–H groups in total. The quantitative estimate of drug-likeness (QED) is 0.109. The molecule has 10 heteroatoms. The third-order valence-corrected chi connectivity index (χ3v) is 8.78. The van der Waals surface area contributed by atoms with E-state index in [0.29, 0.717) is 29.0 Å². The molecule has 1 fully saturated rings. The summed E-state index contributed by atoms with van der Waals surface area (Å²) in [4.78, 5) is 28.3. The van der Waals surface area contributed by atoms with Crippen LogP contribution in [-0.4, -0.2) is 57.0 Å². The normalized spacial score (nSPS) is 21.3. The van der Waals surface area contributed by atoms with Crippen molar-refractivity contribution < 1.29 is 35.0 Å². The third-order valence-electron chi connectivity index (χ3n) is 8.46. The summed E-state index contributed by atoms with van der Waals surface area (Å²) in [6.07, 6.45) is 1.94. The Morgan fingerprint density at radius 2 is 1.79 bits per heavy atom. The van der Waals surface area contributed by atoms with Gasteiger partial charge in [0.2, 0.25) is 11.8 Å². The van der Waals surface area contributed by atoms with Gasteiger partial charge in [0.1, 0.15) is 5.75 Å². The first-order chi connectivity index (χ1) is 20.6. The SMILES string of the molecule is CC1=C([C@H](O)CC/C(=C/c2ccc(O)cc2Cl)c2ccccc2)[C@H](CO)[C@@H]2C(=O)N(c3cccc(B(O)O)c3)C(=O)[C@@H]2C1. The number of phenolic OH excluding ortho intramolecular Hbond substituents is 1. The number of allylic oxidation sites excluding steroid dienone is 2. The second-order valence-corrected chi connectivity index (χ2v) is 11.5. The number of rotatable bonds is 9. The van der Waals surface area contributed by atoms with E-state index in [1.54, 1.807) is 18.2 Å². The molecule has 0 aromatic heterocycles. The van der Waals surface area contributed by atoms with Gasteiger partial charge in [-0.3, -0.25) is 14.5 Å². The number of carbonyl (C=O) groups excluding carboxylic acids is 2. The number of hydrogen-bond donors (Lipinski definition) is 5. The smallest absolute Gasteiger partial charge is 0.488 e. The van der Waals surface area contributed by atoms with E-state index in [9.17, 15) is 35.0 Å². The molecule has 3 aromatic carbocycles. The van der Waals surface area contributed by atoms with Gasteiger partial charge < -0.3 is 25.4 Å². The molecule has 1 heterocycles. The topological polar surface area (TPSA) is 139 Å². The van der Waals surface area contributed by atoms with Gasteiger partial charge in [-0.05, 0) is 90.3 Å². The first-order valence-electron chi connectivity index (χ1n) is 14.2. The van der Waals surface area contributed by atoms with Gasteiger partial charge >= 0.3 is 7.12 Å². The molecule has 2 amide bonds. The van der Waals surface area contributed by atoms with Gasteiger partial charge in [-0.2, -0.15) is 0 Å². The molecule has 0 radical (unpaired) electrons. The Kier molecular flexibility index (Phi) is 9.20. The predicted octanol–water partition coefficient (Wildman–Crippen LogP) is 3.54. The van der Waals surface area contributed by atoms with Crippen LogP contribution >= 0.6 is 11.6 Å². The zero-order chi connectivity index (χ0) is 30.8. The highest BCUT2D eigenvalue weighted by Crippen LogP contribution is 2.47. The average Bonchev–Trinajstić information content (AvgIpc) is 3.24. The highest BCUT2D eigenvalue weighted by Gasteiger charge is 2.54. The number of phenols is 1. The average molecular weight is 602 g/mol. The molecule has 1 aliphatic carbocycles. The summed E-state index contributed by atoms with van der Waals surface area (Å²) in [5, 5.41) is 51.4. The summed E-state index contributed by atoms with van der Waals surface area (Å²) in [6, 6.07) is 20.4. The number of benzene rings is 3. The first kappa shape index (κ1) is 30.7. The molecule has 0 unspecified atom stereocenters. The fraction of sp³-hybridized carbons (Fsp3) is 0.273. The Balaban J connectivity index is 1.41. The summed E-state index contributed by atoms with van der Waals surface area (Å²) < 4.78 is 0. The van der Waals surface area contributed by atoms with Crippen molar-refractivity contribution in [1.29, 1.82) is 0 Å². The predicted molar refractivity (Wildman–Crippen MR) is 166 cm³/mol. The van der Waals surface area contributed by atoms with Crippen LogP contribution in [0.15, 0.2) is 83.9 Å². The number of halogens is 1. The van der Waals surface area contributed by atoms with Gasteiger partial charge in [0, 0.05) is 5.92 Å². The van der Waals surface area contributed by atoms with Crippen molar-refractivity contribution in [3.63, 3.8) is 0 Å². The van der Waals surface area contributed by atoms with E-state index in [1.165, 1.54) is 24.3 Å². The zero-order valence-electron chi connectivity index (χ0n) is 23.6. The van der Waals surface area contributed by atoms with Gasteiger partial charge in [-0.1, -0.05) is 59.6 Å². The van der Waals surface area contributed by atoms with Crippen molar-refractivity contribution in [1.82, 2.24) is 0 Å². The number of fused-ring (bicyclic) bond motifs is 1. The molecule has 0 spiro atoms. The molecule has 3 aromatic rings. The Labute approximate surface area is 255 Å². The van der Waals surface area contributed by atoms with E-state index in [2.05, 4.69) is 0 Å². The molecule has 43 heavy (non-hydrogen) atoms. The summed E-state index contributed by atoms with van der Waals surface area (Å²) in [5.74, 6) is -3.14. The van der Waals surface area contributed by atoms with Gasteiger partial charge in [0.05, 0.1) is 35.3 Å². The zero-order valence-corrected chi connectivity index (χ0v) is 24.4. The fourth-order valence-electron chi connectivity index (χ4n) is 6.42. The third kappa shape index (κ3) is 6.18. The van der Waals surface area contributed by atoms with E-state index < -0.39 is 49.4 Å². The fourth-order valence-corrected chi connectivity index (χ4v) is 6.65. The van der Waals surface area contributed by atoms with Gasteiger partial charge in [0.15, 0.2) is 0 Å². The first-order valence-corrected chi connectivity index (χ1v) is 14.5. The van der Waals surface area contributed by atoms with E-state index in [0.717, 1.165) is 21.6 Å². The summed E-state index contributed by atoms with van der Waals surface area (Å²) in [7, 11) is -1.76. The minimum Gasteiger partial charge on any atom is -0.508 e. The minimum absolute atomic E-state index is 0.0593. The van der Waals surface area contributed by atoms with E-state index in [4.69, 9.17) is 11.6 Å². The molecular formula is C33H33BClNO7. The van der Waals surface area contributed by atoms with Crippen LogP contribution in [0.5, 0.6) is 5.75 Å². The number of nitrogens with zero attached hydrogens (tertiary/aromatic N) is 1. The van der Waals surface area contributed by atoms with Gasteiger partial charge in [-0.25, -0.2) is 0 Å². The van der Waals surface area contributed by atoms with Crippen LogP contribution in [0.4, 0.5) is 5.69 Å². The molecular weight excluding hydrogens is 569 g/mol. The molecule has 222 valence electrons. The Morgan fingerprint density at radius 1 is 1.05 bits per heavy atom. The van der Waals surface area contributed by atoms with E-state index in [1.807, 2.05) is 43.3 Å². The number of aromatic hydroxyl groups is 1. The standard InChI is InChI=1S/C33H33BClNO7/c1-19-14-26-31(33(41)36(32(26)40)24-9-5-8-23(16-24)34(42)43)27(18-37)30(19)29(39)13-11-21(20-6-3-2-4-7-20)15-22-10-12-25(38)17-28(22)35/h2-10,12,15-17,26-27,29,31,37-39,42-43H,11,13-14,18H2,1H3/b21-15-/t26-,27+,29-,31-/m1/s1. The number of hydrogen-bond acceptors (Lipinski definition) is 7. The molecule has 2 aliphatic rings. The van der Waals surface area contributed by atoms with E-state index >= 15 is 0 Å². The summed E-state index contributed by atoms with van der Waals surface area (Å²) in [6.45, 7) is 1.41. The van der Waals surface area contributed by atoms with Crippen LogP contribution in [0.2, 0.25) is 5.02 Å². The second kappa shape index (κ2) is 12.9. The number of amides is 2. The lowest BCUT2D eigenvalue weighted by Crippen LogP contribution is -2.39. The van der Waals surface area contributed by atoms with E-state index in [-0.39, 0.29) is 23.3 Å². The Hall–Kier alpha value is -3.73. The number of anilines is 1. The van der Waals surface area contributed by atoms with Gasteiger partial charge in [-0.15, -0.1) is 0 Å². The lowest BCUT2D eigenvalue weighted by atomic mass is 9.68. The van der Waals surface area contributed by atoms with Crippen LogP contribution in [0.25, 0.3) is 11.6 Å². The molecule has 1 saturated heterocycles. The molecule has 5 rings (SSSR count). The Bertz CT molecular complexity index is 1590. The highest BCUT2D eigenvalue weighted by atomic mass is 35.5. The van der Waals surface area contributed by atoms with Crippen LogP contribution in [0.3, 0.4) is 0 Å². The highest BCUT2D eigenvalue weighted by molar-refractivity contribution is 6.58. The van der Waals surface area contributed by atoms with Crippen molar-refractivity contribution >= 4 is 53.3 Å². The lowest BCUT2D eigenvalue weighted by Gasteiger charge is -2.35. The molecule has 0 bridgehead atoms. The van der Waals surface area contributed by atoms with Crippen molar-refractivity contribution in [3.05, 3.63) is 100 Å². The van der Waals surface area contributed by atoms with Crippen LogP contribution in [0.1, 0.15) is 37.3 Å². The summed E-state index contributed by atoms with van der Waals surface area (Å²) >= 11 is 6.38. The molecule has 4 atom stereocenters. The van der Waals surface area contributed by atoms with Crippen molar-refractivity contribution in [2.45, 2.75) is 32.3 Å². The van der Waals surface area contributed by atoms with Crippen LogP contribution in [0, 0.1) is 17.8 Å². The largest absolute Gasteiger partial charge is 0.508 e. The Morgan fingerprint density at radius 3 is 2.47 bits per heavy atom. The van der Waals surface area contributed by atoms with Gasteiger partial charge in [0.25, 0.3) is 0 Å². The maximum absolute atomic E-state index is 13.7. The minimum atomic E-state index is -1.76. The molecule has 0 saturated carbocycles. The van der Waals surface area contributed by atoms with Crippen molar-refractivity contribution in [2.24, 2.45) is 17.8 Å². The number of aliphatic hydroxyl groups is 2. The maximum Gasteiger partial charge on any atom is 0.488 e. The number of aliphatic hydroxyl groups excluding tert-OH is 2. The maximum atomic E-state index is 13.7. The second-order valence-electron chi connectivity index (χ2n) is 11.1. The van der Waals surface area contributed by atoms with Crippen molar-refractivity contribution in [3.8, 4) is 5.75 Å². The monoisotopic (exact) mass is 601 g/mol. The van der Waals surface area contributed by atoms with Crippen LogP contribution < -0.4 is 10.4 Å². The molecule has 8 nitrogen and oxygen atoms in total. The number of imide groups is 1. The van der Waals surface area contributed by atoms with Crippen molar-refractivity contribution in [2.75, 3.05) is 11.5 Å². The molecule has 1 aliphatic heterocycles. The summed E-state index contributed by atoms with van der Waals surface area (Å²) in [5.41, 5.74) is 4.27. The number of carbonyl (C=O) groups is 2.